The van der Waals surface area contributed by atoms with E-state index in [9.17, 15) is 0 Å². The summed E-state index contributed by atoms with van der Waals surface area (Å²) in [5.74, 6) is 2.03. The smallest absolute Gasteiger partial charge is 0.219 e. The van der Waals surface area contributed by atoms with Gasteiger partial charge < -0.3 is 25.3 Å². The van der Waals surface area contributed by atoms with Gasteiger partial charge in [0.25, 0.3) is 0 Å². The lowest BCUT2D eigenvalue weighted by atomic mass is 10.0. The number of pyridine rings is 1. The molecule has 2 aliphatic heterocycles. The summed E-state index contributed by atoms with van der Waals surface area (Å²) in [5.41, 5.74) is 9.48. The summed E-state index contributed by atoms with van der Waals surface area (Å²) in [4.78, 5) is 15.4. The standard InChI is InChI=1S/C24H24FN7O/c1-14-3-2-4-19(30-14)33-18-6-5-16(9-17(18)25)20-21-22(26)28-13-29-23(21)32-8-7-31(24(20)32)12-15-10-27-11-15/h2-6,9,13,15,27H,7-8,10-12H2,1H3,(H2,26,28,29). The molecule has 4 aromatic rings. The van der Waals surface area contributed by atoms with E-state index in [0.717, 1.165) is 66.4 Å². The van der Waals surface area contributed by atoms with E-state index in [2.05, 4.69) is 29.7 Å². The molecule has 2 aliphatic rings. The Bertz CT molecular complexity index is 1360. The Balaban J connectivity index is 1.44. The lowest BCUT2D eigenvalue weighted by Gasteiger charge is -2.32. The molecule has 3 aromatic heterocycles. The summed E-state index contributed by atoms with van der Waals surface area (Å²) in [7, 11) is 0. The van der Waals surface area contributed by atoms with E-state index in [0.29, 0.717) is 17.6 Å². The zero-order valence-electron chi connectivity index (χ0n) is 18.3. The summed E-state index contributed by atoms with van der Waals surface area (Å²) in [6, 6.07) is 10.4. The van der Waals surface area contributed by atoms with Crippen LogP contribution in [0.4, 0.5) is 16.0 Å². The van der Waals surface area contributed by atoms with Crippen molar-refractivity contribution in [3.8, 4) is 22.8 Å². The maximum atomic E-state index is 15.2. The SMILES string of the molecule is Cc1cccc(Oc2ccc(-c3c4n(c5ncnc(N)c35)CCN4CC3CNC3)cc2F)n1. The minimum absolute atomic E-state index is 0.124. The first-order chi connectivity index (χ1) is 16.1. The third-order valence-electron chi connectivity index (χ3n) is 6.38. The van der Waals surface area contributed by atoms with Gasteiger partial charge in [-0.25, -0.2) is 19.3 Å². The molecule has 0 saturated carbocycles. The molecule has 33 heavy (non-hydrogen) atoms. The number of hydrogen-bond acceptors (Lipinski definition) is 7. The summed E-state index contributed by atoms with van der Waals surface area (Å²) >= 11 is 0. The van der Waals surface area contributed by atoms with Gasteiger partial charge in [0.1, 0.15) is 23.6 Å². The highest BCUT2D eigenvalue weighted by Crippen LogP contribution is 2.45. The minimum atomic E-state index is -0.466. The van der Waals surface area contributed by atoms with Crippen molar-refractivity contribution in [3.05, 3.63) is 54.2 Å². The molecular weight excluding hydrogens is 421 g/mol. The number of rotatable bonds is 5. The molecule has 1 saturated heterocycles. The number of nitrogen functional groups attached to an aromatic ring is 1. The van der Waals surface area contributed by atoms with Crippen molar-refractivity contribution in [2.75, 3.05) is 36.8 Å². The highest BCUT2D eigenvalue weighted by molar-refractivity contribution is 6.07. The number of ether oxygens (including phenoxy) is 1. The second kappa shape index (κ2) is 7.70. The molecule has 9 heteroatoms. The monoisotopic (exact) mass is 445 g/mol. The van der Waals surface area contributed by atoms with Crippen LogP contribution in [0, 0.1) is 18.7 Å². The minimum Gasteiger partial charge on any atom is -0.436 e. The van der Waals surface area contributed by atoms with E-state index in [-0.39, 0.29) is 5.75 Å². The first-order valence-corrected chi connectivity index (χ1v) is 11.1. The van der Waals surface area contributed by atoms with E-state index in [1.165, 1.54) is 12.4 Å². The number of anilines is 2. The average molecular weight is 446 g/mol. The van der Waals surface area contributed by atoms with Crippen LogP contribution in [0.25, 0.3) is 22.2 Å². The van der Waals surface area contributed by atoms with Gasteiger partial charge in [-0.05, 0) is 30.7 Å². The fourth-order valence-corrected chi connectivity index (χ4v) is 4.72. The molecule has 0 bridgehead atoms. The molecule has 6 rings (SSSR count). The zero-order chi connectivity index (χ0) is 22.5. The van der Waals surface area contributed by atoms with Gasteiger partial charge in [-0.15, -0.1) is 0 Å². The van der Waals surface area contributed by atoms with Gasteiger partial charge in [0, 0.05) is 56.0 Å². The number of halogens is 1. The average Bonchev–Trinajstić information content (AvgIpc) is 3.31. The Morgan fingerprint density at radius 1 is 1.18 bits per heavy atom. The molecule has 0 radical (unpaired) electrons. The van der Waals surface area contributed by atoms with Gasteiger partial charge in [0.05, 0.1) is 5.39 Å². The van der Waals surface area contributed by atoms with Gasteiger partial charge in [0.15, 0.2) is 11.6 Å². The highest BCUT2D eigenvalue weighted by Gasteiger charge is 2.32. The van der Waals surface area contributed by atoms with Crippen molar-refractivity contribution in [2.45, 2.75) is 13.5 Å². The number of nitrogens with zero attached hydrogens (tertiary/aromatic N) is 5. The first-order valence-electron chi connectivity index (χ1n) is 11.1. The molecule has 0 unspecified atom stereocenters. The lowest BCUT2D eigenvalue weighted by molar-refractivity contribution is 0.350. The maximum absolute atomic E-state index is 15.2. The number of nitrogens with two attached hydrogens (primary N) is 1. The normalized spacial score (nSPS) is 15.6. The lowest BCUT2D eigenvalue weighted by Crippen LogP contribution is -2.48. The molecule has 0 atom stereocenters. The second-order valence-electron chi connectivity index (χ2n) is 8.64. The van der Waals surface area contributed by atoms with Gasteiger partial charge in [-0.2, -0.15) is 0 Å². The van der Waals surface area contributed by atoms with Crippen LogP contribution in [0.3, 0.4) is 0 Å². The fourth-order valence-electron chi connectivity index (χ4n) is 4.72. The number of benzene rings is 1. The molecule has 0 amide bonds. The molecule has 8 nitrogen and oxygen atoms in total. The summed E-state index contributed by atoms with van der Waals surface area (Å²) in [6.07, 6.45) is 1.49. The van der Waals surface area contributed by atoms with Crippen LogP contribution in [0.15, 0.2) is 42.7 Å². The van der Waals surface area contributed by atoms with Gasteiger partial charge in [-0.1, -0.05) is 12.1 Å². The molecule has 168 valence electrons. The van der Waals surface area contributed by atoms with E-state index >= 15 is 4.39 Å². The Hall–Kier alpha value is -3.72. The van der Waals surface area contributed by atoms with Gasteiger partial charge >= 0.3 is 0 Å². The molecule has 0 spiro atoms. The molecule has 1 fully saturated rings. The van der Waals surface area contributed by atoms with Crippen LogP contribution in [0.1, 0.15) is 5.69 Å². The Kier molecular flexibility index (Phi) is 4.65. The molecule has 1 aromatic carbocycles. The van der Waals surface area contributed by atoms with Crippen LogP contribution in [0.5, 0.6) is 11.6 Å². The summed E-state index contributed by atoms with van der Waals surface area (Å²) < 4.78 is 23.1. The summed E-state index contributed by atoms with van der Waals surface area (Å²) in [6.45, 7) is 6.53. The zero-order valence-corrected chi connectivity index (χ0v) is 18.3. The van der Waals surface area contributed by atoms with Crippen LogP contribution < -0.4 is 20.7 Å². The van der Waals surface area contributed by atoms with Crippen molar-refractivity contribution in [1.82, 2.24) is 24.8 Å². The van der Waals surface area contributed by atoms with Crippen molar-refractivity contribution in [1.29, 1.82) is 0 Å². The number of fused-ring (bicyclic) bond motifs is 3. The number of hydrogen-bond donors (Lipinski definition) is 2. The Labute approximate surface area is 190 Å². The first kappa shape index (κ1) is 19.9. The fraction of sp³-hybridized carbons (Fsp3) is 0.292. The van der Waals surface area contributed by atoms with E-state index < -0.39 is 5.82 Å². The molecule has 3 N–H and O–H groups in total. The largest absolute Gasteiger partial charge is 0.436 e. The van der Waals surface area contributed by atoms with Crippen LogP contribution >= 0.6 is 0 Å². The molecular formula is C24H24FN7O. The molecule has 5 heterocycles. The number of aryl methyl sites for hydroxylation is 1. The van der Waals surface area contributed by atoms with Crippen molar-refractivity contribution in [2.24, 2.45) is 5.92 Å². The van der Waals surface area contributed by atoms with Gasteiger partial charge in [0.2, 0.25) is 5.88 Å². The Morgan fingerprint density at radius 2 is 2.06 bits per heavy atom. The van der Waals surface area contributed by atoms with Crippen LogP contribution in [-0.2, 0) is 6.54 Å². The van der Waals surface area contributed by atoms with Crippen LogP contribution in [-0.4, -0.2) is 45.7 Å². The third-order valence-corrected chi connectivity index (χ3v) is 6.38. The predicted octanol–water partition coefficient (Wildman–Crippen LogP) is 3.35. The Morgan fingerprint density at radius 3 is 2.82 bits per heavy atom. The third kappa shape index (κ3) is 3.36. The van der Waals surface area contributed by atoms with E-state index in [1.54, 1.807) is 12.1 Å². The second-order valence-corrected chi connectivity index (χ2v) is 8.64. The van der Waals surface area contributed by atoms with Crippen molar-refractivity contribution in [3.63, 3.8) is 0 Å². The van der Waals surface area contributed by atoms with Crippen molar-refractivity contribution < 1.29 is 9.13 Å². The quantitative estimate of drug-likeness (QED) is 0.486. The number of aromatic nitrogens is 4. The predicted molar refractivity (Wildman–Crippen MR) is 125 cm³/mol. The maximum Gasteiger partial charge on any atom is 0.219 e. The highest BCUT2D eigenvalue weighted by atomic mass is 19.1. The molecule has 0 aliphatic carbocycles. The number of nitrogens with one attached hydrogen (secondary N) is 1. The van der Waals surface area contributed by atoms with Crippen LogP contribution in [0.2, 0.25) is 0 Å². The van der Waals surface area contributed by atoms with Gasteiger partial charge in [-0.3, -0.25) is 0 Å². The van der Waals surface area contributed by atoms with E-state index in [1.807, 2.05) is 25.1 Å². The van der Waals surface area contributed by atoms with E-state index in [4.69, 9.17) is 10.5 Å². The van der Waals surface area contributed by atoms with Crippen molar-refractivity contribution >= 4 is 22.7 Å². The topological polar surface area (TPSA) is 94.1 Å². The summed E-state index contributed by atoms with van der Waals surface area (Å²) in [5, 5.41) is 4.10.